The van der Waals surface area contributed by atoms with Gasteiger partial charge in [0, 0.05) is 6.61 Å². The van der Waals surface area contributed by atoms with Gasteiger partial charge in [-0.25, -0.2) is 0 Å². The third-order valence-electron chi connectivity index (χ3n) is 7.41. The Bertz CT molecular complexity index is 605. The van der Waals surface area contributed by atoms with E-state index in [9.17, 15) is 0 Å². The van der Waals surface area contributed by atoms with Crippen molar-refractivity contribution >= 4 is 28.2 Å². The first-order valence-electron chi connectivity index (χ1n) is 13.0. The van der Waals surface area contributed by atoms with Crippen molar-refractivity contribution in [1.29, 1.82) is 0 Å². The van der Waals surface area contributed by atoms with Crippen LogP contribution in [-0.2, 0) is 20.2 Å². The Morgan fingerprint density at radius 3 is 1.85 bits per heavy atom. The quantitative estimate of drug-likeness (QED) is 0.106. The van der Waals surface area contributed by atoms with Crippen LogP contribution in [0.5, 0.6) is 5.75 Å². The van der Waals surface area contributed by atoms with Crippen LogP contribution in [0.15, 0.2) is 24.3 Å². The van der Waals surface area contributed by atoms with E-state index in [0.717, 1.165) is 48.9 Å². The van der Waals surface area contributed by atoms with Gasteiger partial charge in [-0.15, -0.1) is 11.6 Å². The molecule has 0 aliphatic carbocycles. The first-order chi connectivity index (χ1) is 15.9. The van der Waals surface area contributed by atoms with E-state index in [4.69, 9.17) is 29.9 Å². The fourth-order valence-corrected chi connectivity index (χ4v) is 10.3. The molecular weight excluding hydrogens is 468 g/mol. The van der Waals surface area contributed by atoms with Gasteiger partial charge >= 0.3 is 0 Å². The van der Waals surface area contributed by atoms with E-state index in [2.05, 4.69) is 41.5 Å². The SMILES string of the molecule is CC[Si](CC)(CC)OCCC[C@@H](Cl)[C@@H](COCc1ccc(OC)cc1)O[Si](CC)(CC)CC. The maximum absolute atomic E-state index is 6.95. The zero-order valence-electron chi connectivity index (χ0n) is 22.3. The van der Waals surface area contributed by atoms with E-state index in [0.29, 0.717) is 13.2 Å². The molecule has 192 valence electrons. The average Bonchev–Trinajstić information content (AvgIpc) is 2.87. The Morgan fingerprint density at radius 1 is 0.818 bits per heavy atom. The maximum atomic E-state index is 6.95. The highest BCUT2D eigenvalue weighted by Gasteiger charge is 2.35. The number of ether oxygens (including phenoxy) is 2. The molecule has 0 N–H and O–H groups in total. The van der Waals surface area contributed by atoms with Crippen LogP contribution in [0.4, 0.5) is 0 Å². The van der Waals surface area contributed by atoms with E-state index in [-0.39, 0.29) is 11.5 Å². The molecule has 1 aromatic carbocycles. The van der Waals surface area contributed by atoms with Gasteiger partial charge in [0.1, 0.15) is 5.75 Å². The van der Waals surface area contributed by atoms with Crippen molar-refractivity contribution < 1.29 is 18.3 Å². The Kier molecular flexibility index (Phi) is 15.2. The molecule has 7 heteroatoms. The van der Waals surface area contributed by atoms with Gasteiger partial charge in [-0.2, -0.15) is 0 Å². The Hall–Kier alpha value is -0.376. The first-order valence-corrected chi connectivity index (χ1v) is 18.5. The Balaban J connectivity index is 2.71. The highest BCUT2D eigenvalue weighted by atomic mass is 35.5. The van der Waals surface area contributed by atoms with Gasteiger partial charge in [-0.1, -0.05) is 53.7 Å². The van der Waals surface area contributed by atoms with E-state index in [1.54, 1.807) is 7.11 Å². The lowest BCUT2D eigenvalue weighted by Crippen LogP contribution is -2.45. The molecule has 33 heavy (non-hydrogen) atoms. The summed E-state index contributed by atoms with van der Waals surface area (Å²) in [6, 6.07) is 14.9. The topological polar surface area (TPSA) is 36.9 Å². The molecule has 0 heterocycles. The van der Waals surface area contributed by atoms with Crippen molar-refractivity contribution in [3.8, 4) is 5.75 Å². The second-order valence-electron chi connectivity index (χ2n) is 9.01. The molecule has 0 saturated carbocycles. The molecule has 1 aromatic rings. The Morgan fingerprint density at radius 2 is 1.36 bits per heavy atom. The highest BCUT2D eigenvalue weighted by Crippen LogP contribution is 2.28. The molecule has 0 aromatic heterocycles. The highest BCUT2D eigenvalue weighted by molar-refractivity contribution is 6.74. The van der Waals surface area contributed by atoms with Crippen molar-refractivity contribution in [2.75, 3.05) is 20.3 Å². The van der Waals surface area contributed by atoms with Crippen LogP contribution >= 0.6 is 11.6 Å². The molecular formula is C26H49ClO4Si2. The lowest BCUT2D eigenvalue weighted by Gasteiger charge is -2.35. The number of methoxy groups -OCH3 is 1. The molecule has 0 amide bonds. The molecule has 0 radical (unpaired) electrons. The van der Waals surface area contributed by atoms with Gasteiger partial charge < -0.3 is 18.3 Å². The fourth-order valence-electron chi connectivity index (χ4n) is 4.36. The van der Waals surface area contributed by atoms with Crippen molar-refractivity contribution in [3.05, 3.63) is 29.8 Å². The van der Waals surface area contributed by atoms with Crippen LogP contribution in [0, 0.1) is 0 Å². The van der Waals surface area contributed by atoms with Crippen molar-refractivity contribution in [3.63, 3.8) is 0 Å². The van der Waals surface area contributed by atoms with Crippen LogP contribution in [0.1, 0.15) is 59.9 Å². The average molecular weight is 517 g/mol. The lowest BCUT2D eigenvalue weighted by atomic mass is 10.1. The van der Waals surface area contributed by atoms with Gasteiger partial charge in [0.2, 0.25) is 0 Å². The van der Waals surface area contributed by atoms with Crippen molar-refractivity contribution in [2.24, 2.45) is 0 Å². The standard InChI is InChI=1S/C26H49ClO4Si2/c1-8-32(9-2,10-3)30-20-14-15-25(27)26(31-33(11-4,12-5)13-6)22-29-21-23-16-18-24(28-7)19-17-23/h16-19,25-26H,8-15,20-22H2,1-7H3/t25-,26-/m1/s1. The number of rotatable bonds is 19. The second-order valence-corrected chi connectivity index (χ2v) is 19.1. The summed E-state index contributed by atoms with van der Waals surface area (Å²) in [5, 5.41) is -0.0676. The fraction of sp³-hybridized carbons (Fsp3) is 0.769. The summed E-state index contributed by atoms with van der Waals surface area (Å²) in [7, 11) is -1.64. The van der Waals surface area contributed by atoms with E-state index in [1.165, 1.54) is 18.1 Å². The molecule has 0 spiro atoms. The van der Waals surface area contributed by atoms with Crippen molar-refractivity contribution in [1.82, 2.24) is 0 Å². The minimum Gasteiger partial charge on any atom is -0.497 e. The monoisotopic (exact) mass is 516 g/mol. The zero-order chi connectivity index (χ0) is 24.7. The molecule has 4 nitrogen and oxygen atoms in total. The van der Waals surface area contributed by atoms with Crippen LogP contribution < -0.4 is 4.74 Å². The minimum atomic E-state index is -1.79. The summed E-state index contributed by atoms with van der Waals surface area (Å²) in [6.45, 7) is 15.5. The van der Waals surface area contributed by atoms with Gasteiger partial charge in [0.05, 0.1) is 31.8 Å². The normalized spacial score (nSPS) is 14.3. The third kappa shape index (κ3) is 10.0. The molecule has 0 aliphatic heterocycles. The zero-order valence-corrected chi connectivity index (χ0v) is 25.0. The number of alkyl halides is 1. The van der Waals surface area contributed by atoms with Crippen LogP contribution in [0.3, 0.4) is 0 Å². The number of hydrogen-bond donors (Lipinski definition) is 0. The van der Waals surface area contributed by atoms with Crippen molar-refractivity contribution in [2.45, 2.75) is 109 Å². The van der Waals surface area contributed by atoms with Gasteiger partial charge in [-0.3, -0.25) is 0 Å². The van der Waals surface area contributed by atoms with Gasteiger partial charge in [-0.05, 0) is 66.8 Å². The van der Waals surface area contributed by atoms with Crippen LogP contribution in [-0.4, -0.2) is 48.4 Å². The predicted molar refractivity (Wildman–Crippen MR) is 147 cm³/mol. The summed E-state index contributed by atoms with van der Waals surface area (Å²) in [4.78, 5) is 0. The molecule has 0 aliphatic rings. The molecule has 1 rings (SSSR count). The molecule has 0 unspecified atom stereocenters. The smallest absolute Gasteiger partial charge is 0.192 e. The summed E-state index contributed by atoms with van der Waals surface area (Å²) in [6.07, 6.45) is 1.78. The summed E-state index contributed by atoms with van der Waals surface area (Å²) in [5.41, 5.74) is 1.12. The molecule has 0 saturated heterocycles. The summed E-state index contributed by atoms with van der Waals surface area (Å²) < 4.78 is 24.6. The predicted octanol–water partition coefficient (Wildman–Crippen LogP) is 8.01. The first kappa shape index (κ1) is 30.7. The van der Waals surface area contributed by atoms with Crippen LogP contribution in [0.2, 0.25) is 36.3 Å². The summed E-state index contributed by atoms with van der Waals surface area (Å²) in [5.74, 6) is 0.855. The third-order valence-corrected chi connectivity index (χ3v) is 17.3. The van der Waals surface area contributed by atoms with E-state index >= 15 is 0 Å². The lowest BCUT2D eigenvalue weighted by molar-refractivity contribution is 0.0321. The second kappa shape index (κ2) is 16.3. The van der Waals surface area contributed by atoms with E-state index < -0.39 is 16.6 Å². The summed E-state index contributed by atoms with van der Waals surface area (Å²) >= 11 is 6.95. The van der Waals surface area contributed by atoms with Crippen LogP contribution in [0.25, 0.3) is 0 Å². The maximum Gasteiger partial charge on any atom is 0.192 e. The number of hydrogen-bond acceptors (Lipinski definition) is 4. The Labute approximate surface area is 210 Å². The number of halogens is 1. The number of benzene rings is 1. The van der Waals surface area contributed by atoms with Gasteiger partial charge in [0.25, 0.3) is 0 Å². The van der Waals surface area contributed by atoms with E-state index in [1.807, 2.05) is 24.3 Å². The largest absolute Gasteiger partial charge is 0.497 e. The molecule has 0 bridgehead atoms. The minimum absolute atomic E-state index is 0.0676. The van der Waals surface area contributed by atoms with Gasteiger partial charge in [0.15, 0.2) is 16.6 Å². The molecule has 0 fully saturated rings. The molecule has 2 atom stereocenters.